The number of nitrogens with zero attached hydrogens (tertiary/aromatic N) is 2. The Morgan fingerprint density at radius 2 is 1.90 bits per heavy atom. The van der Waals surface area contributed by atoms with Crippen molar-refractivity contribution in [2.24, 2.45) is 4.99 Å². The van der Waals surface area contributed by atoms with Gasteiger partial charge in [-0.3, -0.25) is 4.99 Å². The summed E-state index contributed by atoms with van der Waals surface area (Å²) in [4.78, 5) is 4.24. The molecule has 0 heterocycles. The van der Waals surface area contributed by atoms with Crippen LogP contribution in [0, 0.1) is 11.3 Å². The minimum absolute atomic E-state index is 0.0547. The van der Waals surface area contributed by atoms with Crippen molar-refractivity contribution in [3.63, 3.8) is 0 Å². The Hall–Kier alpha value is -2.02. The van der Waals surface area contributed by atoms with Gasteiger partial charge in [0.1, 0.15) is 5.75 Å². The first-order valence-electron chi connectivity index (χ1n) is 5.78. The highest BCUT2D eigenvalue weighted by Gasteiger charge is 2.05. The zero-order chi connectivity index (χ0) is 14.5. The number of hydrogen-bond acceptors (Lipinski definition) is 3. The van der Waals surface area contributed by atoms with Crippen molar-refractivity contribution in [2.45, 2.75) is 6.42 Å². The first kappa shape index (κ1) is 14.4. The van der Waals surface area contributed by atoms with Gasteiger partial charge in [0.05, 0.1) is 23.2 Å². The summed E-state index contributed by atoms with van der Waals surface area (Å²) in [5, 5.41) is 19.0. The molecule has 0 saturated heterocycles. The van der Waals surface area contributed by atoms with E-state index in [0.717, 1.165) is 5.56 Å². The average molecular weight is 305 g/mol. The van der Waals surface area contributed by atoms with Gasteiger partial charge in [0.25, 0.3) is 0 Å². The molecule has 2 rings (SSSR count). The molecule has 0 spiro atoms. The SMILES string of the molecule is N#CCc1ccc(N=Cc2cc(Cl)cc(Cl)c2O)cc1. The van der Waals surface area contributed by atoms with Crippen LogP contribution in [-0.4, -0.2) is 11.3 Å². The van der Waals surface area contributed by atoms with Crippen LogP contribution in [0.15, 0.2) is 41.4 Å². The molecule has 3 nitrogen and oxygen atoms in total. The van der Waals surface area contributed by atoms with Crippen LogP contribution in [-0.2, 0) is 6.42 Å². The number of phenolic OH excluding ortho intramolecular Hbond substituents is 1. The summed E-state index contributed by atoms with van der Waals surface area (Å²) in [6.07, 6.45) is 1.86. The average Bonchev–Trinajstić information content (AvgIpc) is 2.43. The second kappa shape index (κ2) is 6.42. The Balaban J connectivity index is 2.23. The van der Waals surface area contributed by atoms with E-state index in [1.165, 1.54) is 12.3 Å². The second-order valence-corrected chi connectivity index (χ2v) is 4.93. The molecule has 0 aromatic heterocycles. The molecule has 1 N–H and O–H groups in total. The Labute approximate surface area is 126 Å². The molecule has 20 heavy (non-hydrogen) atoms. The van der Waals surface area contributed by atoms with Crippen LogP contribution in [0.1, 0.15) is 11.1 Å². The monoisotopic (exact) mass is 304 g/mol. The molecule has 0 amide bonds. The Morgan fingerprint density at radius 3 is 2.55 bits per heavy atom. The summed E-state index contributed by atoms with van der Waals surface area (Å²) in [6, 6.07) is 12.4. The molecule has 0 saturated carbocycles. The number of halogens is 2. The normalized spacial score (nSPS) is 10.7. The maximum atomic E-state index is 9.80. The third-order valence-corrected chi connectivity index (χ3v) is 3.14. The summed E-state index contributed by atoms with van der Waals surface area (Å²) in [5.41, 5.74) is 2.09. The topological polar surface area (TPSA) is 56.4 Å². The van der Waals surface area contributed by atoms with Crippen molar-refractivity contribution in [1.82, 2.24) is 0 Å². The van der Waals surface area contributed by atoms with Crippen LogP contribution in [0.25, 0.3) is 0 Å². The van der Waals surface area contributed by atoms with E-state index in [9.17, 15) is 5.11 Å². The van der Waals surface area contributed by atoms with E-state index in [1.807, 2.05) is 12.1 Å². The molecule has 0 bridgehead atoms. The fourth-order valence-electron chi connectivity index (χ4n) is 1.62. The number of rotatable bonds is 3. The van der Waals surface area contributed by atoms with Gasteiger partial charge < -0.3 is 5.11 Å². The second-order valence-electron chi connectivity index (χ2n) is 4.08. The fraction of sp³-hybridized carbons (Fsp3) is 0.0667. The summed E-state index contributed by atoms with van der Waals surface area (Å²) < 4.78 is 0. The van der Waals surface area contributed by atoms with Gasteiger partial charge in [-0.05, 0) is 29.8 Å². The smallest absolute Gasteiger partial charge is 0.143 e. The highest BCUT2D eigenvalue weighted by molar-refractivity contribution is 6.36. The van der Waals surface area contributed by atoms with Gasteiger partial charge in [0, 0.05) is 16.8 Å². The van der Waals surface area contributed by atoms with E-state index < -0.39 is 0 Å². The minimum atomic E-state index is -0.0547. The van der Waals surface area contributed by atoms with E-state index in [2.05, 4.69) is 11.1 Å². The van der Waals surface area contributed by atoms with E-state index in [4.69, 9.17) is 28.5 Å². The highest BCUT2D eigenvalue weighted by atomic mass is 35.5. The first-order chi connectivity index (χ1) is 9.60. The van der Waals surface area contributed by atoms with Crippen molar-refractivity contribution in [1.29, 1.82) is 5.26 Å². The van der Waals surface area contributed by atoms with Crippen molar-refractivity contribution < 1.29 is 5.11 Å². The standard InChI is InChI=1S/C15H10Cl2N2O/c16-12-7-11(15(20)14(17)8-12)9-19-13-3-1-10(2-4-13)5-6-18/h1-4,7-9,20H,5H2. The van der Waals surface area contributed by atoms with E-state index in [-0.39, 0.29) is 10.8 Å². The maximum Gasteiger partial charge on any atom is 0.143 e. The number of benzene rings is 2. The molecule has 0 aliphatic heterocycles. The lowest BCUT2D eigenvalue weighted by Crippen LogP contribution is -1.84. The summed E-state index contributed by atoms with van der Waals surface area (Å²) in [6.45, 7) is 0. The van der Waals surface area contributed by atoms with Gasteiger partial charge >= 0.3 is 0 Å². The molecular formula is C15H10Cl2N2O. The molecule has 2 aromatic rings. The number of hydrogen-bond donors (Lipinski definition) is 1. The van der Waals surface area contributed by atoms with Crippen molar-refractivity contribution in [3.05, 3.63) is 57.6 Å². The van der Waals surface area contributed by atoms with Gasteiger partial charge in [-0.15, -0.1) is 0 Å². The van der Waals surface area contributed by atoms with Crippen LogP contribution in [0.5, 0.6) is 5.75 Å². The van der Waals surface area contributed by atoms with E-state index in [0.29, 0.717) is 22.7 Å². The van der Waals surface area contributed by atoms with Crippen molar-refractivity contribution >= 4 is 35.1 Å². The summed E-state index contributed by atoms with van der Waals surface area (Å²) >= 11 is 11.7. The Kier molecular flexibility index (Phi) is 4.62. The van der Waals surface area contributed by atoms with Crippen LogP contribution < -0.4 is 0 Å². The largest absolute Gasteiger partial charge is 0.506 e. The molecule has 0 fully saturated rings. The lowest BCUT2D eigenvalue weighted by atomic mass is 10.1. The van der Waals surface area contributed by atoms with E-state index >= 15 is 0 Å². The highest BCUT2D eigenvalue weighted by Crippen LogP contribution is 2.30. The van der Waals surface area contributed by atoms with Gasteiger partial charge in [-0.25, -0.2) is 0 Å². The number of phenols is 1. The zero-order valence-corrected chi connectivity index (χ0v) is 11.9. The molecule has 100 valence electrons. The van der Waals surface area contributed by atoms with Crippen LogP contribution >= 0.6 is 23.2 Å². The minimum Gasteiger partial charge on any atom is -0.506 e. The third-order valence-electron chi connectivity index (χ3n) is 2.63. The quantitative estimate of drug-likeness (QED) is 0.848. The van der Waals surface area contributed by atoms with E-state index in [1.54, 1.807) is 18.2 Å². The number of nitriles is 1. The molecule has 0 radical (unpaired) electrons. The zero-order valence-electron chi connectivity index (χ0n) is 10.3. The fourth-order valence-corrected chi connectivity index (χ4v) is 2.13. The van der Waals surface area contributed by atoms with Gasteiger partial charge in [0.15, 0.2) is 0 Å². The predicted molar refractivity (Wildman–Crippen MR) is 81.1 cm³/mol. The number of aromatic hydroxyl groups is 1. The molecule has 0 aliphatic rings. The number of aliphatic imine (C=N–C) groups is 1. The summed E-state index contributed by atoms with van der Waals surface area (Å²) in [7, 11) is 0. The van der Waals surface area contributed by atoms with Gasteiger partial charge in [0.2, 0.25) is 0 Å². The Bertz CT molecular complexity index is 688. The van der Waals surface area contributed by atoms with Crippen LogP contribution in [0.4, 0.5) is 5.69 Å². The molecule has 5 heteroatoms. The maximum absolute atomic E-state index is 9.80. The van der Waals surface area contributed by atoms with Gasteiger partial charge in [-0.1, -0.05) is 35.3 Å². The molecule has 0 aliphatic carbocycles. The summed E-state index contributed by atoms with van der Waals surface area (Å²) in [5.74, 6) is -0.0547. The lowest BCUT2D eigenvalue weighted by molar-refractivity contribution is 0.475. The molecule has 0 unspecified atom stereocenters. The predicted octanol–water partition coefficient (Wildman–Crippen LogP) is 4.52. The molecule has 2 aromatic carbocycles. The molecule has 0 atom stereocenters. The van der Waals surface area contributed by atoms with Gasteiger partial charge in [-0.2, -0.15) is 5.26 Å². The van der Waals surface area contributed by atoms with Crippen molar-refractivity contribution in [3.8, 4) is 11.8 Å². The molecular weight excluding hydrogens is 295 g/mol. The third kappa shape index (κ3) is 3.51. The lowest BCUT2D eigenvalue weighted by Gasteiger charge is -2.02. The Morgan fingerprint density at radius 1 is 1.20 bits per heavy atom. The van der Waals surface area contributed by atoms with Crippen LogP contribution in [0.2, 0.25) is 10.0 Å². The first-order valence-corrected chi connectivity index (χ1v) is 6.53. The van der Waals surface area contributed by atoms with Crippen molar-refractivity contribution in [2.75, 3.05) is 0 Å². The van der Waals surface area contributed by atoms with Crippen LogP contribution in [0.3, 0.4) is 0 Å².